The molecular formula is C18H18N2O3S2. The summed E-state index contributed by atoms with van der Waals surface area (Å²) in [6.45, 7) is 1.87. The van der Waals surface area contributed by atoms with Crippen molar-refractivity contribution in [2.75, 3.05) is 12.4 Å². The van der Waals surface area contributed by atoms with E-state index in [1.54, 1.807) is 13.4 Å². The third-order valence-electron chi connectivity index (χ3n) is 3.52. The smallest absolute Gasteiger partial charge is 0.239 e. The summed E-state index contributed by atoms with van der Waals surface area (Å²) in [5.74, 6) is 2.23. The molecule has 0 bridgehead atoms. The van der Waals surface area contributed by atoms with E-state index in [1.165, 1.54) is 23.1 Å². The minimum Gasteiger partial charge on any atom is -0.497 e. The molecule has 1 N–H and O–H groups in total. The molecule has 0 spiro atoms. The summed E-state index contributed by atoms with van der Waals surface area (Å²) in [5.41, 5.74) is 1.77. The number of benzene rings is 1. The van der Waals surface area contributed by atoms with Crippen LogP contribution >= 0.6 is 23.1 Å². The summed E-state index contributed by atoms with van der Waals surface area (Å²) in [4.78, 5) is 16.8. The molecule has 1 atom stereocenters. The number of amides is 1. The fourth-order valence-electron chi connectivity index (χ4n) is 2.13. The molecule has 0 radical (unpaired) electrons. The fraction of sp³-hybridized carbons (Fsp3) is 0.222. The van der Waals surface area contributed by atoms with Crippen LogP contribution in [0.15, 0.2) is 52.5 Å². The van der Waals surface area contributed by atoms with Crippen LogP contribution < -0.4 is 10.1 Å². The van der Waals surface area contributed by atoms with Crippen molar-refractivity contribution < 1.29 is 13.9 Å². The zero-order chi connectivity index (χ0) is 17.6. The number of carbonyl (C=O) groups is 1. The average molecular weight is 374 g/mol. The summed E-state index contributed by atoms with van der Waals surface area (Å²) < 4.78 is 10.5. The number of carbonyl (C=O) groups excluding carboxylic acids is 1. The molecule has 0 aliphatic carbocycles. The maximum atomic E-state index is 12.3. The molecule has 0 aliphatic heterocycles. The van der Waals surface area contributed by atoms with Gasteiger partial charge >= 0.3 is 0 Å². The molecular weight excluding hydrogens is 356 g/mol. The van der Waals surface area contributed by atoms with Crippen LogP contribution in [-0.4, -0.2) is 23.3 Å². The molecule has 2 aromatic heterocycles. The van der Waals surface area contributed by atoms with E-state index in [0.29, 0.717) is 10.9 Å². The summed E-state index contributed by atoms with van der Waals surface area (Å²) in [5, 5.41) is 5.19. The summed E-state index contributed by atoms with van der Waals surface area (Å²) >= 11 is 2.93. The maximum absolute atomic E-state index is 12.3. The van der Waals surface area contributed by atoms with Gasteiger partial charge in [-0.15, -0.1) is 23.1 Å². The number of hydrogen-bond donors (Lipinski definition) is 1. The highest BCUT2D eigenvalue weighted by Gasteiger charge is 2.16. The average Bonchev–Trinajstić information content (AvgIpc) is 3.31. The molecule has 3 aromatic rings. The van der Waals surface area contributed by atoms with Gasteiger partial charge < -0.3 is 14.5 Å². The Morgan fingerprint density at radius 3 is 3.04 bits per heavy atom. The lowest BCUT2D eigenvalue weighted by molar-refractivity contribution is -0.115. The van der Waals surface area contributed by atoms with E-state index in [4.69, 9.17) is 9.15 Å². The van der Waals surface area contributed by atoms with Gasteiger partial charge in [0.05, 0.1) is 30.1 Å². The third kappa shape index (κ3) is 4.64. The van der Waals surface area contributed by atoms with Gasteiger partial charge in [-0.05, 0) is 31.2 Å². The molecule has 1 amide bonds. The zero-order valence-electron chi connectivity index (χ0n) is 13.9. The van der Waals surface area contributed by atoms with Gasteiger partial charge in [0, 0.05) is 10.9 Å². The number of furan rings is 1. The number of thiazole rings is 1. The zero-order valence-corrected chi connectivity index (χ0v) is 15.5. The second kappa shape index (κ2) is 8.22. The molecule has 3 rings (SSSR count). The van der Waals surface area contributed by atoms with Crippen molar-refractivity contribution in [3.63, 3.8) is 0 Å². The van der Waals surface area contributed by atoms with Crippen LogP contribution in [0, 0.1) is 0 Å². The topological polar surface area (TPSA) is 64.4 Å². The Labute approximate surface area is 154 Å². The summed E-state index contributed by atoms with van der Waals surface area (Å²) in [6.07, 6.45) is 1.64. The number of thioether (sulfide) groups is 1. The normalized spacial score (nSPS) is 11.9. The van der Waals surface area contributed by atoms with Crippen molar-refractivity contribution in [2.45, 2.75) is 17.9 Å². The van der Waals surface area contributed by atoms with Crippen LogP contribution in [0.25, 0.3) is 11.3 Å². The number of hydrogen-bond acceptors (Lipinski definition) is 6. The Morgan fingerprint density at radius 1 is 1.40 bits per heavy atom. The van der Waals surface area contributed by atoms with Crippen LogP contribution in [-0.2, 0) is 10.5 Å². The Balaban J connectivity index is 1.59. The van der Waals surface area contributed by atoms with Crippen LogP contribution in [0.3, 0.4) is 0 Å². The maximum Gasteiger partial charge on any atom is 0.239 e. The predicted molar refractivity (Wildman–Crippen MR) is 102 cm³/mol. The van der Waals surface area contributed by atoms with Gasteiger partial charge in [-0.25, -0.2) is 4.98 Å². The van der Waals surface area contributed by atoms with Gasteiger partial charge in [0.25, 0.3) is 0 Å². The Morgan fingerprint density at radius 2 is 2.28 bits per heavy atom. The van der Waals surface area contributed by atoms with E-state index in [1.807, 2.05) is 48.7 Å². The molecule has 25 heavy (non-hydrogen) atoms. The monoisotopic (exact) mass is 374 g/mol. The number of methoxy groups -OCH3 is 1. The molecule has 1 aromatic carbocycles. The second-order valence-electron chi connectivity index (χ2n) is 5.29. The minimum absolute atomic E-state index is 0.0666. The SMILES string of the molecule is COc1cccc(-c2csc(NC(=O)C(C)SCc3ccco3)n2)c1. The lowest BCUT2D eigenvalue weighted by Gasteiger charge is -2.09. The van der Waals surface area contributed by atoms with Gasteiger partial charge in [-0.1, -0.05) is 12.1 Å². The molecule has 1 unspecified atom stereocenters. The van der Waals surface area contributed by atoms with E-state index in [-0.39, 0.29) is 11.2 Å². The Bertz CT molecular complexity index is 830. The molecule has 0 fully saturated rings. The van der Waals surface area contributed by atoms with Gasteiger partial charge in [-0.2, -0.15) is 0 Å². The van der Waals surface area contributed by atoms with E-state index in [2.05, 4.69) is 10.3 Å². The first-order valence-electron chi connectivity index (χ1n) is 7.70. The number of rotatable bonds is 7. The first-order valence-corrected chi connectivity index (χ1v) is 9.63. The van der Waals surface area contributed by atoms with Gasteiger partial charge in [-0.3, -0.25) is 4.79 Å². The number of nitrogens with one attached hydrogen (secondary N) is 1. The molecule has 0 aliphatic rings. The number of anilines is 1. The first-order chi connectivity index (χ1) is 12.2. The van der Waals surface area contributed by atoms with E-state index in [0.717, 1.165) is 22.8 Å². The highest BCUT2D eigenvalue weighted by molar-refractivity contribution is 7.99. The molecule has 5 nitrogen and oxygen atoms in total. The first kappa shape index (κ1) is 17.6. The van der Waals surface area contributed by atoms with Crippen LogP contribution in [0.2, 0.25) is 0 Å². The van der Waals surface area contributed by atoms with Crippen LogP contribution in [0.1, 0.15) is 12.7 Å². The second-order valence-corrected chi connectivity index (χ2v) is 7.48. The van der Waals surface area contributed by atoms with Crippen molar-refractivity contribution in [3.8, 4) is 17.0 Å². The molecule has 2 heterocycles. The number of aromatic nitrogens is 1. The van der Waals surface area contributed by atoms with Crippen molar-refractivity contribution in [1.82, 2.24) is 4.98 Å². The summed E-state index contributed by atoms with van der Waals surface area (Å²) in [6, 6.07) is 11.4. The Hall–Kier alpha value is -2.25. The van der Waals surface area contributed by atoms with Crippen molar-refractivity contribution >= 4 is 34.1 Å². The van der Waals surface area contributed by atoms with E-state index >= 15 is 0 Å². The van der Waals surface area contributed by atoms with Gasteiger partial charge in [0.2, 0.25) is 5.91 Å². The lowest BCUT2D eigenvalue weighted by Crippen LogP contribution is -2.22. The fourth-order valence-corrected chi connectivity index (χ4v) is 3.64. The molecule has 0 saturated carbocycles. The molecule has 0 saturated heterocycles. The van der Waals surface area contributed by atoms with Crippen molar-refractivity contribution in [3.05, 3.63) is 53.8 Å². The quantitative estimate of drug-likeness (QED) is 0.651. The standard InChI is InChI=1S/C18H18N2O3S2/c1-12(24-10-15-7-4-8-23-15)17(21)20-18-19-16(11-25-18)13-5-3-6-14(9-13)22-2/h3-9,11-12H,10H2,1-2H3,(H,19,20,21). The Kier molecular flexibility index (Phi) is 5.78. The molecule has 130 valence electrons. The van der Waals surface area contributed by atoms with Crippen LogP contribution in [0.4, 0.5) is 5.13 Å². The largest absolute Gasteiger partial charge is 0.497 e. The highest BCUT2D eigenvalue weighted by Crippen LogP contribution is 2.28. The van der Waals surface area contributed by atoms with Crippen LogP contribution in [0.5, 0.6) is 5.75 Å². The molecule has 7 heteroatoms. The van der Waals surface area contributed by atoms with Crippen molar-refractivity contribution in [1.29, 1.82) is 0 Å². The highest BCUT2D eigenvalue weighted by atomic mass is 32.2. The van der Waals surface area contributed by atoms with Gasteiger partial charge in [0.1, 0.15) is 11.5 Å². The van der Waals surface area contributed by atoms with E-state index < -0.39 is 0 Å². The number of ether oxygens (including phenoxy) is 1. The third-order valence-corrected chi connectivity index (χ3v) is 5.45. The van der Waals surface area contributed by atoms with Crippen molar-refractivity contribution in [2.24, 2.45) is 0 Å². The summed E-state index contributed by atoms with van der Waals surface area (Å²) in [7, 11) is 1.63. The predicted octanol–water partition coefficient (Wildman–Crippen LogP) is 4.67. The van der Waals surface area contributed by atoms with E-state index in [9.17, 15) is 4.79 Å². The lowest BCUT2D eigenvalue weighted by atomic mass is 10.2. The minimum atomic E-state index is -0.200. The number of nitrogens with zero attached hydrogens (tertiary/aromatic N) is 1. The van der Waals surface area contributed by atoms with Gasteiger partial charge in [0.15, 0.2) is 5.13 Å².